The van der Waals surface area contributed by atoms with Crippen molar-refractivity contribution in [1.29, 1.82) is 0 Å². The maximum atomic E-state index is 13.1. The van der Waals surface area contributed by atoms with E-state index in [-0.39, 0.29) is 28.8 Å². The first kappa shape index (κ1) is 24.8. The monoisotopic (exact) mass is 517 g/mol. The van der Waals surface area contributed by atoms with Gasteiger partial charge in [0.05, 0.1) is 28.9 Å². The molecule has 3 N–H and O–H groups in total. The Balaban J connectivity index is 1.77. The highest BCUT2D eigenvalue weighted by atomic mass is 35.5. The first-order chi connectivity index (χ1) is 16.3. The number of hydrogen-bond donors (Lipinski definition) is 2. The summed E-state index contributed by atoms with van der Waals surface area (Å²) in [5, 5.41) is 7.12. The topological polar surface area (TPSA) is 148 Å². The number of benzene rings is 2. The van der Waals surface area contributed by atoms with Gasteiger partial charge in [-0.2, -0.15) is 4.98 Å². The molecule has 2 heterocycles. The van der Waals surface area contributed by atoms with Crippen molar-refractivity contribution in [2.45, 2.75) is 43.8 Å². The summed E-state index contributed by atoms with van der Waals surface area (Å²) in [5.74, 6) is -1.78. The molecule has 2 aromatic carbocycles. The first-order valence-electron chi connectivity index (χ1n) is 10.7. The second-order valence-electron chi connectivity index (χ2n) is 9.25. The van der Waals surface area contributed by atoms with Gasteiger partial charge in [-0.25, -0.2) is 8.42 Å². The number of nitrogens with zero attached hydrogens (tertiary/aromatic N) is 3. The molecule has 4 rings (SSSR count). The predicted octanol–water partition coefficient (Wildman–Crippen LogP) is 2.57. The first-order valence-corrected chi connectivity index (χ1v) is 12.7. The Labute approximate surface area is 207 Å². The molecule has 10 nitrogen and oxygen atoms in total. The standard InChI is InChI=1S/C23H24ClN5O5S/c1-23(2,3)27-20(30)21-26-19(28-34-21)14-6-9-18-17(10-14)29(11-13-4-7-15(24)8-5-13)22(31)16(25)12-35(18,32)33/h4-10,16H,11-12,25H2,1-3H3,(H,27,30)/t16-/m0/s1. The maximum absolute atomic E-state index is 13.1. The van der Waals surface area contributed by atoms with Gasteiger partial charge >= 0.3 is 11.8 Å². The Morgan fingerprint density at radius 3 is 2.57 bits per heavy atom. The van der Waals surface area contributed by atoms with Gasteiger partial charge in [0.25, 0.3) is 0 Å². The molecule has 3 aromatic rings. The summed E-state index contributed by atoms with van der Waals surface area (Å²) >= 11 is 5.97. The number of sulfone groups is 1. The van der Waals surface area contributed by atoms with Gasteiger partial charge in [0.2, 0.25) is 11.7 Å². The van der Waals surface area contributed by atoms with Crippen LogP contribution in [0.1, 0.15) is 37.0 Å². The smallest absolute Gasteiger partial charge is 0.316 e. The fraction of sp³-hybridized carbons (Fsp3) is 0.304. The summed E-state index contributed by atoms with van der Waals surface area (Å²) in [5.41, 5.74) is 6.68. The zero-order chi connectivity index (χ0) is 25.5. The number of fused-ring (bicyclic) bond motifs is 1. The summed E-state index contributed by atoms with van der Waals surface area (Å²) < 4.78 is 31.1. The number of aromatic nitrogens is 2. The van der Waals surface area contributed by atoms with E-state index in [2.05, 4.69) is 15.5 Å². The predicted molar refractivity (Wildman–Crippen MR) is 130 cm³/mol. The highest BCUT2D eigenvalue weighted by molar-refractivity contribution is 7.91. The van der Waals surface area contributed by atoms with E-state index >= 15 is 0 Å². The van der Waals surface area contributed by atoms with Gasteiger partial charge < -0.3 is 20.5 Å². The van der Waals surface area contributed by atoms with Crippen molar-refractivity contribution in [1.82, 2.24) is 15.5 Å². The molecule has 0 bridgehead atoms. The van der Waals surface area contributed by atoms with Gasteiger partial charge in [0, 0.05) is 16.1 Å². The normalized spacial score (nSPS) is 17.6. The molecule has 0 unspecified atom stereocenters. The Morgan fingerprint density at radius 1 is 1.23 bits per heavy atom. The molecule has 0 fully saturated rings. The molecule has 12 heteroatoms. The maximum Gasteiger partial charge on any atom is 0.316 e. The minimum absolute atomic E-state index is 0.0364. The van der Waals surface area contributed by atoms with Crippen molar-refractivity contribution in [3.8, 4) is 11.4 Å². The molecule has 35 heavy (non-hydrogen) atoms. The fourth-order valence-corrected chi connectivity index (χ4v) is 5.29. The lowest BCUT2D eigenvalue weighted by molar-refractivity contribution is -0.119. The molecule has 0 spiro atoms. The van der Waals surface area contributed by atoms with Crippen LogP contribution < -0.4 is 16.0 Å². The Bertz CT molecular complexity index is 1400. The van der Waals surface area contributed by atoms with Crippen LogP contribution in [0.4, 0.5) is 5.69 Å². The molecule has 1 aliphatic rings. The average molecular weight is 518 g/mol. The van der Waals surface area contributed by atoms with Gasteiger partial charge in [-0.05, 0) is 56.7 Å². The number of nitrogens with one attached hydrogen (secondary N) is 1. The molecule has 184 valence electrons. The number of amides is 2. The quantitative estimate of drug-likeness (QED) is 0.536. The third kappa shape index (κ3) is 5.37. The van der Waals surface area contributed by atoms with Crippen molar-refractivity contribution in [3.05, 3.63) is 58.9 Å². The van der Waals surface area contributed by atoms with Crippen LogP contribution in [-0.2, 0) is 21.2 Å². The second-order valence-corrected chi connectivity index (χ2v) is 11.7. The van der Waals surface area contributed by atoms with Crippen LogP contribution in [0.25, 0.3) is 11.4 Å². The summed E-state index contributed by atoms with van der Waals surface area (Å²) in [4.78, 5) is 30.9. The molecule has 0 saturated carbocycles. The average Bonchev–Trinajstić information content (AvgIpc) is 3.25. The van der Waals surface area contributed by atoms with Crippen LogP contribution in [-0.4, -0.2) is 47.7 Å². The van der Waals surface area contributed by atoms with E-state index in [1.165, 1.54) is 23.1 Å². The van der Waals surface area contributed by atoms with Crippen molar-refractivity contribution in [2.75, 3.05) is 10.7 Å². The summed E-state index contributed by atoms with van der Waals surface area (Å²) in [6.45, 7) is 5.51. The number of hydrogen-bond acceptors (Lipinski definition) is 8. The number of nitrogens with two attached hydrogens (primary N) is 1. The summed E-state index contributed by atoms with van der Waals surface area (Å²) in [7, 11) is -3.86. The number of halogens is 1. The summed E-state index contributed by atoms with van der Waals surface area (Å²) in [6.07, 6.45) is 0. The molecular formula is C23H24ClN5O5S. The lowest BCUT2D eigenvalue weighted by atomic mass is 10.1. The highest BCUT2D eigenvalue weighted by Gasteiger charge is 2.36. The van der Waals surface area contributed by atoms with Crippen molar-refractivity contribution in [3.63, 3.8) is 0 Å². The van der Waals surface area contributed by atoms with Gasteiger partial charge in [0.1, 0.15) is 0 Å². The van der Waals surface area contributed by atoms with E-state index in [1.807, 2.05) is 20.8 Å². The molecule has 1 aromatic heterocycles. The van der Waals surface area contributed by atoms with Crippen LogP contribution >= 0.6 is 11.6 Å². The Morgan fingerprint density at radius 2 is 1.91 bits per heavy atom. The van der Waals surface area contributed by atoms with E-state index < -0.39 is 39.0 Å². The second kappa shape index (κ2) is 9.06. The minimum Gasteiger partial charge on any atom is -0.343 e. The number of carbonyl (C=O) groups is 2. The van der Waals surface area contributed by atoms with Crippen LogP contribution in [0, 0.1) is 0 Å². The zero-order valence-electron chi connectivity index (χ0n) is 19.3. The lowest BCUT2D eigenvalue weighted by Gasteiger charge is -2.24. The third-order valence-electron chi connectivity index (χ3n) is 5.19. The Hall–Kier alpha value is -3.28. The van der Waals surface area contributed by atoms with Crippen molar-refractivity contribution >= 4 is 38.9 Å². The van der Waals surface area contributed by atoms with Crippen molar-refractivity contribution < 1.29 is 22.5 Å². The number of carbonyl (C=O) groups excluding carboxylic acids is 2. The Kier molecular flexibility index (Phi) is 6.43. The van der Waals surface area contributed by atoms with Crippen LogP contribution in [0.3, 0.4) is 0 Å². The van der Waals surface area contributed by atoms with Crippen LogP contribution in [0.5, 0.6) is 0 Å². The van der Waals surface area contributed by atoms with Gasteiger partial charge in [-0.3, -0.25) is 9.59 Å². The highest BCUT2D eigenvalue weighted by Crippen LogP contribution is 2.35. The lowest BCUT2D eigenvalue weighted by Crippen LogP contribution is -2.45. The molecule has 0 aliphatic carbocycles. The molecule has 0 radical (unpaired) electrons. The largest absolute Gasteiger partial charge is 0.343 e. The molecule has 2 amide bonds. The SMILES string of the molecule is CC(C)(C)NC(=O)c1nc(-c2ccc3c(c2)N(Cc2ccc(Cl)cc2)C(=O)[C@@H](N)CS3(=O)=O)no1. The van der Waals surface area contributed by atoms with E-state index in [0.29, 0.717) is 10.6 Å². The third-order valence-corrected chi connectivity index (χ3v) is 7.25. The minimum atomic E-state index is -3.86. The fourth-order valence-electron chi connectivity index (χ4n) is 3.61. The van der Waals surface area contributed by atoms with E-state index in [4.69, 9.17) is 21.9 Å². The van der Waals surface area contributed by atoms with E-state index in [9.17, 15) is 18.0 Å². The number of anilines is 1. The zero-order valence-corrected chi connectivity index (χ0v) is 20.9. The van der Waals surface area contributed by atoms with Crippen LogP contribution in [0.15, 0.2) is 51.9 Å². The van der Waals surface area contributed by atoms with E-state index in [0.717, 1.165) is 5.56 Å². The van der Waals surface area contributed by atoms with Crippen molar-refractivity contribution in [2.24, 2.45) is 5.73 Å². The van der Waals surface area contributed by atoms with Gasteiger partial charge in [-0.1, -0.05) is 28.9 Å². The van der Waals surface area contributed by atoms with Gasteiger partial charge in [0.15, 0.2) is 9.84 Å². The van der Waals surface area contributed by atoms with Crippen LogP contribution in [0.2, 0.25) is 5.02 Å². The summed E-state index contributed by atoms with van der Waals surface area (Å²) in [6, 6.07) is 9.95. The van der Waals surface area contributed by atoms with Gasteiger partial charge in [-0.15, -0.1) is 0 Å². The molecule has 1 aliphatic heterocycles. The molecule has 1 atom stereocenters. The number of rotatable bonds is 4. The molecular weight excluding hydrogens is 494 g/mol. The van der Waals surface area contributed by atoms with E-state index in [1.54, 1.807) is 24.3 Å². The molecule has 0 saturated heterocycles.